The molecule has 0 aromatic carbocycles. The van der Waals surface area contributed by atoms with Crippen LogP contribution in [0.25, 0.3) is 0 Å². The number of nitrogens with zero attached hydrogens (tertiary/aromatic N) is 1. The van der Waals surface area contributed by atoms with Gasteiger partial charge in [0.1, 0.15) is 0 Å². The number of ether oxygens (including phenoxy) is 1. The van der Waals surface area contributed by atoms with Crippen LogP contribution in [0.15, 0.2) is 5.38 Å². The van der Waals surface area contributed by atoms with Crippen molar-refractivity contribution in [2.75, 3.05) is 19.8 Å². The Hall–Kier alpha value is -0.450. The van der Waals surface area contributed by atoms with E-state index in [0.29, 0.717) is 17.8 Å². The monoisotopic (exact) mass is 268 g/mol. The highest BCUT2D eigenvalue weighted by atomic mass is 32.1. The standard InChI is InChI=1S/C14H24N2OS/c1-10(2)12(8-15)7-14-16-13(9-18-14)11-3-5-17-6-4-11/h9-12H,3-8,15H2,1-2H3. The Morgan fingerprint density at radius 3 is 2.78 bits per heavy atom. The zero-order valence-corrected chi connectivity index (χ0v) is 12.2. The average Bonchev–Trinajstić information content (AvgIpc) is 2.85. The Morgan fingerprint density at radius 1 is 1.44 bits per heavy atom. The molecule has 0 radical (unpaired) electrons. The fourth-order valence-corrected chi connectivity index (χ4v) is 3.39. The predicted octanol–water partition coefficient (Wildman–Crippen LogP) is 2.81. The summed E-state index contributed by atoms with van der Waals surface area (Å²) in [5, 5.41) is 3.49. The molecule has 1 atom stereocenters. The van der Waals surface area contributed by atoms with Gasteiger partial charge in [0.05, 0.1) is 10.7 Å². The molecule has 1 aliphatic heterocycles. The lowest BCUT2D eigenvalue weighted by molar-refractivity contribution is 0.0846. The highest BCUT2D eigenvalue weighted by Gasteiger charge is 2.20. The summed E-state index contributed by atoms with van der Waals surface area (Å²) in [5.74, 6) is 1.79. The van der Waals surface area contributed by atoms with E-state index >= 15 is 0 Å². The fourth-order valence-electron chi connectivity index (χ4n) is 2.42. The molecule has 2 N–H and O–H groups in total. The van der Waals surface area contributed by atoms with E-state index in [4.69, 9.17) is 15.5 Å². The largest absolute Gasteiger partial charge is 0.381 e. The molecule has 0 aliphatic carbocycles. The summed E-state index contributed by atoms with van der Waals surface area (Å²) < 4.78 is 5.40. The van der Waals surface area contributed by atoms with Crippen LogP contribution in [0.1, 0.15) is 43.3 Å². The molecule has 4 heteroatoms. The lowest BCUT2D eigenvalue weighted by Crippen LogP contribution is -2.22. The van der Waals surface area contributed by atoms with E-state index < -0.39 is 0 Å². The van der Waals surface area contributed by atoms with Crippen LogP contribution in [0, 0.1) is 11.8 Å². The minimum Gasteiger partial charge on any atom is -0.381 e. The molecule has 1 aromatic rings. The van der Waals surface area contributed by atoms with Crippen molar-refractivity contribution in [3.63, 3.8) is 0 Å². The quantitative estimate of drug-likeness (QED) is 0.893. The second kappa shape index (κ2) is 6.64. The molecule has 1 aromatic heterocycles. The number of rotatable bonds is 5. The van der Waals surface area contributed by atoms with Gasteiger partial charge in [-0.15, -0.1) is 11.3 Å². The van der Waals surface area contributed by atoms with E-state index in [-0.39, 0.29) is 0 Å². The second-order valence-electron chi connectivity index (χ2n) is 5.50. The first kappa shape index (κ1) is 14.0. The summed E-state index contributed by atoms with van der Waals surface area (Å²) in [4.78, 5) is 4.81. The maximum atomic E-state index is 5.83. The second-order valence-corrected chi connectivity index (χ2v) is 6.44. The number of thiazole rings is 1. The number of aromatic nitrogens is 1. The maximum Gasteiger partial charge on any atom is 0.0931 e. The molecule has 0 spiro atoms. The van der Waals surface area contributed by atoms with Crippen LogP contribution in [0.4, 0.5) is 0 Å². The zero-order valence-electron chi connectivity index (χ0n) is 11.4. The summed E-state index contributed by atoms with van der Waals surface area (Å²) in [7, 11) is 0. The molecule has 0 saturated carbocycles. The highest BCUT2D eigenvalue weighted by molar-refractivity contribution is 7.09. The van der Waals surface area contributed by atoms with E-state index in [9.17, 15) is 0 Å². The third kappa shape index (κ3) is 3.53. The van der Waals surface area contributed by atoms with Crippen molar-refractivity contribution in [3.05, 3.63) is 16.1 Å². The van der Waals surface area contributed by atoms with Crippen LogP contribution < -0.4 is 5.73 Å². The summed E-state index contributed by atoms with van der Waals surface area (Å²) >= 11 is 1.80. The minimum absolute atomic E-state index is 0.554. The molecule has 3 nitrogen and oxygen atoms in total. The molecule has 2 rings (SSSR count). The van der Waals surface area contributed by atoms with E-state index in [0.717, 1.165) is 39.0 Å². The molecular formula is C14H24N2OS. The van der Waals surface area contributed by atoms with E-state index in [1.165, 1.54) is 10.7 Å². The SMILES string of the molecule is CC(C)C(CN)Cc1nc(C2CCOCC2)cs1. The van der Waals surface area contributed by atoms with Gasteiger partial charge in [-0.05, 0) is 31.2 Å². The van der Waals surface area contributed by atoms with E-state index in [2.05, 4.69) is 19.2 Å². The molecule has 0 bridgehead atoms. The Balaban J connectivity index is 1.96. The molecule has 1 aliphatic rings. The van der Waals surface area contributed by atoms with Gasteiger partial charge in [0.25, 0.3) is 0 Å². The summed E-state index contributed by atoms with van der Waals surface area (Å²) in [6, 6.07) is 0. The Bertz CT molecular complexity index is 358. The molecule has 1 saturated heterocycles. The van der Waals surface area contributed by atoms with Crippen LogP contribution >= 0.6 is 11.3 Å². The first-order valence-electron chi connectivity index (χ1n) is 6.92. The lowest BCUT2D eigenvalue weighted by Gasteiger charge is -2.20. The van der Waals surface area contributed by atoms with Gasteiger partial charge in [-0.1, -0.05) is 13.8 Å². The van der Waals surface area contributed by atoms with E-state index in [1.54, 1.807) is 11.3 Å². The van der Waals surface area contributed by atoms with Crippen LogP contribution in [0.3, 0.4) is 0 Å². The molecule has 1 fully saturated rings. The third-order valence-corrected chi connectivity index (χ3v) is 4.78. The highest BCUT2D eigenvalue weighted by Crippen LogP contribution is 2.29. The third-order valence-electron chi connectivity index (χ3n) is 3.89. The van der Waals surface area contributed by atoms with Crippen molar-refractivity contribution in [2.24, 2.45) is 17.6 Å². The summed E-state index contributed by atoms with van der Waals surface area (Å²) in [6.45, 7) is 7.00. The first-order chi connectivity index (χ1) is 8.70. The van der Waals surface area contributed by atoms with Crippen molar-refractivity contribution in [1.82, 2.24) is 4.98 Å². The average molecular weight is 268 g/mol. The van der Waals surface area contributed by atoms with E-state index in [1.807, 2.05) is 0 Å². The van der Waals surface area contributed by atoms with Crippen molar-refractivity contribution >= 4 is 11.3 Å². The maximum absolute atomic E-state index is 5.83. The van der Waals surface area contributed by atoms with Gasteiger partial charge in [-0.3, -0.25) is 0 Å². The zero-order chi connectivity index (χ0) is 13.0. The lowest BCUT2D eigenvalue weighted by atomic mass is 9.93. The van der Waals surface area contributed by atoms with Gasteiger partial charge in [0, 0.05) is 30.9 Å². The van der Waals surface area contributed by atoms with Crippen molar-refractivity contribution in [2.45, 2.75) is 39.0 Å². The topological polar surface area (TPSA) is 48.1 Å². The van der Waals surface area contributed by atoms with Crippen molar-refractivity contribution in [1.29, 1.82) is 0 Å². The Labute approximate surface area is 114 Å². The predicted molar refractivity (Wildman–Crippen MR) is 76.0 cm³/mol. The van der Waals surface area contributed by atoms with Crippen LogP contribution in [-0.4, -0.2) is 24.7 Å². The molecule has 102 valence electrons. The van der Waals surface area contributed by atoms with Crippen molar-refractivity contribution in [3.8, 4) is 0 Å². The molecule has 0 amide bonds. The molecule has 2 heterocycles. The Morgan fingerprint density at radius 2 is 2.17 bits per heavy atom. The van der Waals surface area contributed by atoms with Gasteiger partial charge in [-0.2, -0.15) is 0 Å². The normalized spacial score (nSPS) is 19.3. The van der Waals surface area contributed by atoms with Gasteiger partial charge in [0.15, 0.2) is 0 Å². The van der Waals surface area contributed by atoms with Crippen LogP contribution in [-0.2, 0) is 11.2 Å². The summed E-state index contributed by atoms with van der Waals surface area (Å²) in [6.07, 6.45) is 3.27. The fraction of sp³-hybridized carbons (Fsp3) is 0.786. The molecule has 1 unspecified atom stereocenters. The molecule has 18 heavy (non-hydrogen) atoms. The van der Waals surface area contributed by atoms with Crippen LogP contribution in [0.2, 0.25) is 0 Å². The summed E-state index contributed by atoms with van der Waals surface area (Å²) in [5.41, 5.74) is 7.11. The van der Waals surface area contributed by atoms with Gasteiger partial charge < -0.3 is 10.5 Å². The number of hydrogen-bond acceptors (Lipinski definition) is 4. The van der Waals surface area contributed by atoms with Crippen molar-refractivity contribution < 1.29 is 4.74 Å². The Kier molecular flexibility index (Phi) is 5.15. The van der Waals surface area contributed by atoms with Gasteiger partial charge >= 0.3 is 0 Å². The first-order valence-corrected chi connectivity index (χ1v) is 7.80. The van der Waals surface area contributed by atoms with Gasteiger partial charge in [0.2, 0.25) is 0 Å². The number of nitrogens with two attached hydrogens (primary N) is 1. The van der Waals surface area contributed by atoms with Gasteiger partial charge in [-0.25, -0.2) is 4.98 Å². The molecular weight excluding hydrogens is 244 g/mol. The minimum atomic E-state index is 0.554. The smallest absolute Gasteiger partial charge is 0.0931 e. The number of hydrogen-bond donors (Lipinski definition) is 1. The van der Waals surface area contributed by atoms with Crippen LogP contribution in [0.5, 0.6) is 0 Å².